The highest BCUT2D eigenvalue weighted by Gasteiger charge is 2.35. The summed E-state index contributed by atoms with van der Waals surface area (Å²) in [5, 5.41) is 16.7. The molecule has 3 unspecified atom stereocenters. The molecule has 0 radical (unpaired) electrons. The Hall–Kier alpha value is -2.04. The first-order valence-electron chi connectivity index (χ1n) is 8.52. The number of nitrogens with one attached hydrogen (secondary N) is 2. The van der Waals surface area contributed by atoms with Gasteiger partial charge < -0.3 is 15.7 Å². The standard InChI is InChI=1S/C20H23ClN2O2/c1-12-8-15(6-7-18(12)21)13(2)23-16-5-3-4-14(9-16)10-19-17(11-22-19)20(24)25/h3-9,13,17,19,22-23H,10-11H2,1-2H3,(H,24,25). The van der Waals surface area contributed by atoms with E-state index in [-0.39, 0.29) is 18.0 Å². The minimum atomic E-state index is -0.718. The number of carboxylic acid groups (broad SMARTS) is 1. The summed E-state index contributed by atoms with van der Waals surface area (Å²) in [5.41, 5.74) is 4.41. The Kier molecular flexibility index (Phi) is 5.30. The van der Waals surface area contributed by atoms with Gasteiger partial charge in [0.05, 0.1) is 5.92 Å². The lowest BCUT2D eigenvalue weighted by atomic mass is 9.87. The van der Waals surface area contributed by atoms with E-state index >= 15 is 0 Å². The van der Waals surface area contributed by atoms with Gasteiger partial charge >= 0.3 is 5.97 Å². The molecule has 0 amide bonds. The molecule has 1 saturated heterocycles. The zero-order valence-corrected chi connectivity index (χ0v) is 15.2. The molecule has 0 aromatic heterocycles. The highest BCUT2D eigenvalue weighted by atomic mass is 35.5. The molecule has 0 spiro atoms. The van der Waals surface area contributed by atoms with Gasteiger partial charge in [-0.05, 0) is 55.2 Å². The molecule has 132 valence electrons. The maximum Gasteiger partial charge on any atom is 0.309 e. The number of aryl methyl sites for hydroxylation is 1. The van der Waals surface area contributed by atoms with Crippen molar-refractivity contribution in [1.82, 2.24) is 5.32 Å². The Morgan fingerprint density at radius 2 is 2.16 bits per heavy atom. The van der Waals surface area contributed by atoms with Crippen molar-refractivity contribution < 1.29 is 9.90 Å². The normalized spacial score (nSPS) is 20.6. The number of benzene rings is 2. The van der Waals surface area contributed by atoms with E-state index in [4.69, 9.17) is 16.7 Å². The highest BCUT2D eigenvalue weighted by Crippen LogP contribution is 2.25. The number of carbonyl (C=O) groups is 1. The van der Waals surface area contributed by atoms with Crippen molar-refractivity contribution in [3.8, 4) is 0 Å². The lowest BCUT2D eigenvalue weighted by molar-refractivity contribution is -0.145. The molecule has 2 aromatic rings. The van der Waals surface area contributed by atoms with Crippen molar-refractivity contribution in [3.63, 3.8) is 0 Å². The lowest BCUT2D eigenvalue weighted by Crippen LogP contribution is -2.57. The van der Waals surface area contributed by atoms with E-state index < -0.39 is 5.97 Å². The van der Waals surface area contributed by atoms with Crippen LogP contribution in [0.4, 0.5) is 5.69 Å². The smallest absolute Gasteiger partial charge is 0.309 e. The molecule has 1 aliphatic rings. The monoisotopic (exact) mass is 358 g/mol. The zero-order valence-electron chi connectivity index (χ0n) is 14.4. The quantitative estimate of drug-likeness (QED) is 0.729. The van der Waals surface area contributed by atoms with Gasteiger partial charge in [-0.1, -0.05) is 35.9 Å². The number of hydrogen-bond acceptors (Lipinski definition) is 3. The average molecular weight is 359 g/mol. The van der Waals surface area contributed by atoms with E-state index in [1.807, 2.05) is 37.3 Å². The molecule has 0 saturated carbocycles. The Morgan fingerprint density at radius 3 is 2.80 bits per heavy atom. The van der Waals surface area contributed by atoms with Crippen LogP contribution in [-0.2, 0) is 11.2 Å². The molecule has 3 rings (SSSR count). The van der Waals surface area contributed by atoms with Gasteiger partial charge in [0.15, 0.2) is 0 Å². The van der Waals surface area contributed by atoms with Crippen LogP contribution in [0.15, 0.2) is 42.5 Å². The Balaban J connectivity index is 1.67. The van der Waals surface area contributed by atoms with E-state index in [0.29, 0.717) is 6.54 Å². The van der Waals surface area contributed by atoms with Crippen LogP contribution in [0.3, 0.4) is 0 Å². The predicted molar refractivity (Wildman–Crippen MR) is 101 cm³/mol. The van der Waals surface area contributed by atoms with Crippen LogP contribution >= 0.6 is 11.6 Å². The average Bonchev–Trinajstić information content (AvgIpc) is 2.54. The Morgan fingerprint density at radius 1 is 1.36 bits per heavy atom. The minimum Gasteiger partial charge on any atom is -0.481 e. The SMILES string of the molecule is Cc1cc(C(C)Nc2cccc(CC3NCC3C(=O)O)c2)ccc1Cl. The third-order valence-corrected chi connectivity index (χ3v) is 5.27. The van der Waals surface area contributed by atoms with E-state index in [1.54, 1.807) is 0 Å². The van der Waals surface area contributed by atoms with Crippen molar-refractivity contribution in [2.45, 2.75) is 32.4 Å². The fourth-order valence-electron chi connectivity index (χ4n) is 3.19. The number of aliphatic carboxylic acids is 1. The fourth-order valence-corrected chi connectivity index (χ4v) is 3.31. The molecular formula is C20H23ClN2O2. The third-order valence-electron chi connectivity index (χ3n) is 4.85. The van der Waals surface area contributed by atoms with Crippen molar-refractivity contribution in [1.29, 1.82) is 0 Å². The van der Waals surface area contributed by atoms with E-state index in [2.05, 4.69) is 29.7 Å². The summed E-state index contributed by atoms with van der Waals surface area (Å²) in [6.07, 6.45) is 0.723. The van der Waals surface area contributed by atoms with E-state index in [0.717, 1.165) is 28.3 Å². The second-order valence-electron chi connectivity index (χ2n) is 6.74. The number of rotatable bonds is 6. The van der Waals surface area contributed by atoms with Crippen LogP contribution in [0.2, 0.25) is 5.02 Å². The van der Waals surface area contributed by atoms with Gasteiger partial charge in [-0.3, -0.25) is 4.79 Å². The molecule has 5 heteroatoms. The number of carboxylic acids is 1. The largest absolute Gasteiger partial charge is 0.481 e. The zero-order chi connectivity index (χ0) is 18.0. The van der Waals surface area contributed by atoms with E-state index in [1.165, 1.54) is 5.56 Å². The first-order chi connectivity index (χ1) is 11.9. The van der Waals surface area contributed by atoms with Gasteiger partial charge in [-0.25, -0.2) is 0 Å². The number of halogens is 1. The summed E-state index contributed by atoms with van der Waals surface area (Å²) in [7, 11) is 0. The second kappa shape index (κ2) is 7.46. The molecule has 1 aliphatic heterocycles. The summed E-state index contributed by atoms with van der Waals surface area (Å²) in [6.45, 7) is 4.68. The molecule has 0 aliphatic carbocycles. The molecule has 0 bridgehead atoms. The molecular weight excluding hydrogens is 336 g/mol. The van der Waals surface area contributed by atoms with E-state index in [9.17, 15) is 4.79 Å². The van der Waals surface area contributed by atoms with Crippen LogP contribution < -0.4 is 10.6 Å². The highest BCUT2D eigenvalue weighted by molar-refractivity contribution is 6.31. The first-order valence-corrected chi connectivity index (χ1v) is 8.89. The lowest BCUT2D eigenvalue weighted by Gasteiger charge is -2.35. The minimum absolute atomic E-state index is 0.0177. The van der Waals surface area contributed by atoms with Crippen molar-refractivity contribution in [3.05, 3.63) is 64.2 Å². The second-order valence-corrected chi connectivity index (χ2v) is 7.15. The maximum absolute atomic E-state index is 11.1. The van der Waals surface area contributed by atoms with Crippen LogP contribution in [0.1, 0.15) is 29.7 Å². The maximum atomic E-state index is 11.1. The van der Waals surface area contributed by atoms with Crippen LogP contribution in [0.25, 0.3) is 0 Å². The molecule has 3 N–H and O–H groups in total. The summed E-state index contributed by atoms with van der Waals surface area (Å²) in [6, 6.07) is 14.4. The third kappa shape index (κ3) is 4.14. The summed E-state index contributed by atoms with van der Waals surface area (Å²) < 4.78 is 0. The summed E-state index contributed by atoms with van der Waals surface area (Å²) >= 11 is 6.10. The molecule has 25 heavy (non-hydrogen) atoms. The number of anilines is 1. The van der Waals surface area contributed by atoms with Gasteiger partial charge in [-0.15, -0.1) is 0 Å². The molecule has 1 heterocycles. The molecule has 2 aromatic carbocycles. The summed E-state index contributed by atoms with van der Waals surface area (Å²) in [4.78, 5) is 11.1. The van der Waals surface area contributed by atoms with Gasteiger partial charge in [-0.2, -0.15) is 0 Å². The van der Waals surface area contributed by atoms with Crippen molar-refractivity contribution in [2.24, 2.45) is 5.92 Å². The van der Waals surface area contributed by atoms with Crippen molar-refractivity contribution in [2.75, 3.05) is 11.9 Å². The van der Waals surface area contributed by atoms with Gasteiger partial charge in [0.1, 0.15) is 0 Å². The predicted octanol–water partition coefficient (Wildman–Crippen LogP) is 4.04. The molecule has 4 nitrogen and oxygen atoms in total. The van der Waals surface area contributed by atoms with Gasteiger partial charge in [0.2, 0.25) is 0 Å². The molecule has 1 fully saturated rings. The van der Waals surface area contributed by atoms with Crippen LogP contribution in [0, 0.1) is 12.8 Å². The van der Waals surface area contributed by atoms with Gasteiger partial charge in [0.25, 0.3) is 0 Å². The summed E-state index contributed by atoms with van der Waals surface area (Å²) in [5.74, 6) is -1.00. The topological polar surface area (TPSA) is 61.4 Å². The Labute approximate surface area is 153 Å². The van der Waals surface area contributed by atoms with Crippen molar-refractivity contribution >= 4 is 23.3 Å². The molecule has 3 atom stereocenters. The van der Waals surface area contributed by atoms with Gasteiger partial charge in [0, 0.05) is 29.3 Å². The fraction of sp³-hybridized carbons (Fsp3) is 0.350. The number of hydrogen-bond donors (Lipinski definition) is 3. The first kappa shape index (κ1) is 17.8. The Bertz CT molecular complexity index is 778. The van der Waals surface area contributed by atoms with Crippen LogP contribution in [0.5, 0.6) is 0 Å². The van der Waals surface area contributed by atoms with Crippen LogP contribution in [-0.4, -0.2) is 23.7 Å².